The third-order valence-electron chi connectivity index (χ3n) is 4.62. The van der Waals surface area contributed by atoms with Gasteiger partial charge in [-0.15, -0.1) is 11.3 Å². The molecule has 1 aliphatic rings. The molecule has 0 spiro atoms. The quantitative estimate of drug-likeness (QED) is 0.728. The van der Waals surface area contributed by atoms with E-state index < -0.39 is 12.1 Å². The molecule has 3 rings (SSSR count). The molecule has 1 heterocycles. The first-order valence-electron chi connectivity index (χ1n) is 8.85. The Kier molecular flexibility index (Phi) is 6.07. The summed E-state index contributed by atoms with van der Waals surface area (Å²) >= 11 is 7.40. The van der Waals surface area contributed by atoms with Crippen molar-refractivity contribution in [1.29, 1.82) is 0 Å². The summed E-state index contributed by atoms with van der Waals surface area (Å²) in [4.78, 5) is 26.1. The zero-order valence-corrected chi connectivity index (χ0v) is 17.1. The number of fused-ring (bicyclic) bond motifs is 1. The molecule has 0 aliphatic heterocycles. The van der Waals surface area contributed by atoms with Gasteiger partial charge >= 0.3 is 5.97 Å². The molecule has 2 unspecified atom stereocenters. The van der Waals surface area contributed by atoms with Gasteiger partial charge in [-0.1, -0.05) is 24.6 Å². The fourth-order valence-electron chi connectivity index (χ4n) is 3.17. The van der Waals surface area contributed by atoms with Crippen LogP contribution in [0.3, 0.4) is 0 Å². The zero-order chi connectivity index (χ0) is 19.6. The second-order valence-corrected chi connectivity index (χ2v) is 8.30. The molecular formula is C20H22ClNO4S. The van der Waals surface area contributed by atoms with Gasteiger partial charge in [0, 0.05) is 9.90 Å². The number of hydrogen-bond acceptors (Lipinski definition) is 5. The van der Waals surface area contributed by atoms with Crippen molar-refractivity contribution in [3.8, 4) is 5.75 Å². The Labute approximate surface area is 167 Å². The molecule has 0 bridgehead atoms. The average Bonchev–Trinajstić information content (AvgIpc) is 2.97. The average molecular weight is 408 g/mol. The fraction of sp³-hybridized carbons (Fsp3) is 0.400. The second-order valence-electron chi connectivity index (χ2n) is 6.75. The van der Waals surface area contributed by atoms with E-state index in [0.717, 1.165) is 29.7 Å². The van der Waals surface area contributed by atoms with E-state index in [0.29, 0.717) is 27.3 Å². The maximum absolute atomic E-state index is 12.6. The van der Waals surface area contributed by atoms with Crippen LogP contribution >= 0.6 is 22.9 Å². The van der Waals surface area contributed by atoms with Crippen molar-refractivity contribution in [2.24, 2.45) is 5.92 Å². The van der Waals surface area contributed by atoms with E-state index >= 15 is 0 Å². The standard InChI is InChI=1S/C20H22ClNO4S/c1-11-7-8-15-16(9-11)27-19(17(15)20(24)25-3)22-18(23)12(2)26-14-6-4-5-13(21)10-14/h4-6,10-12H,7-9H2,1-3H3,(H,22,23). The molecule has 1 N–H and O–H groups in total. The normalized spacial score (nSPS) is 17.0. The first-order chi connectivity index (χ1) is 12.9. The van der Waals surface area contributed by atoms with Crippen LogP contribution in [0, 0.1) is 5.92 Å². The predicted octanol–water partition coefficient (Wildman–Crippen LogP) is 4.72. The smallest absolute Gasteiger partial charge is 0.341 e. The number of ether oxygens (including phenoxy) is 2. The first-order valence-corrected chi connectivity index (χ1v) is 10.0. The fourth-order valence-corrected chi connectivity index (χ4v) is 4.75. The number of thiophene rings is 1. The highest BCUT2D eigenvalue weighted by molar-refractivity contribution is 7.17. The molecule has 1 aromatic carbocycles. The number of nitrogens with one attached hydrogen (secondary N) is 1. The number of esters is 1. The van der Waals surface area contributed by atoms with Gasteiger partial charge in [0.1, 0.15) is 10.8 Å². The Morgan fingerprint density at radius 1 is 1.37 bits per heavy atom. The first kappa shape index (κ1) is 19.7. The van der Waals surface area contributed by atoms with Crippen LogP contribution in [-0.2, 0) is 22.4 Å². The van der Waals surface area contributed by atoms with Crippen molar-refractivity contribution in [2.45, 2.75) is 39.2 Å². The summed E-state index contributed by atoms with van der Waals surface area (Å²) in [6.07, 6.45) is 2.01. The van der Waals surface area contributed by atoms with E-state index in [9.17, 15) is 9.59 Å². The van der Waals surface area contributed by atoms with Gasteiger partial charge in [0.25, 0.3) is 5.91 Å². The summed E-state index contributed by atoms with van der Waals surface area (Å²) in [7, 11) is 1.36. The maximum Gasteiger partial charge on any atom is 0.341 e. The number of anilines is 1. The summed E-state index contributed by atoms with van der Waals surface area (Å²) < 4.78 is 10.6. The lowest BCUT2D eigenvalue weighted by Gasteiger charge is -2.18. The van der Waals surface area contributed by atoms with Gasteiger partial charge in [0.05, 0.1) is 12.7 Å². The molecule has 1 amide bonds. The van der Waals surface area contributed by atoms with Crippen molar-refractivity contribution in [3.63, 3.8) is 0 Å². The van der Waals surface area contributed by atoms with Crippen LogP contribution in [0.1, 0.15) is 41.1 Å². The molecule has 5 nitrogen and oxygen atoms in total. The summed E-state index contributed by atoms with van der Waals surface area (Å²) in [6, 6.07) is 6.88. The lowest BCUT2D eigenvalue weighted by molar-refractivity contribution is -0.122. The van der Waals surface area contributed by atoms with Crippen molar-refractivity contribution < 1.29 is 19.1 Å². The maximum atomic E-state index is 12.6. The van der Waals surface area contributed by atoms with E-state index in [1.54, 1.807) is 31.2 Å². The third kappa shape index (κ3) is 4.45. The molecule has 0 fully saturated rings. The molecule has 0 saturated carbocycles. The Hall–Kier alpha value is -2.05. The molecule has 1 aliphatic carbocycles. The molecule has 7 heteroatoms. The van der Waals surface area contributed by atoms with Crippen LogP contribution < -0.4 is 10.1 Å². The minimum absolute atomic E-state index is 0.327. The molecule has 1 aromatic heterocycles. The van der Waals surface area contributed by atoms with Gasteiger partial charge in [0.15, 0.2) is 6.10 Å². The third-order valence-corrected chi connectivity index (χ3v) is 6.02. The van der Waals surface area contributed by atoms with Gasteiger partial charge in [-0.3, -0.25) is 4.79 Å². The van der Waals surface area contributed by atoms with Crippen molar-refractivity contribution >= 4 is 39.8 Å². The minimum atomic E-state index is -0.744. The molecule has 0 radical (unpaired) electrons. The summed E-state index contributed by atoms with van der Waals surface area (Å²) in [5.74, 6) is 0.334. The summed E-state index contributed by atoms with van der Waals surface area (Å²) in [6.45, 7) is 3.85. The van der Waals surface area contributed by atoms with Crippen LogP contribution in [-0.4, -0.2) is 25.1 Å². The van der Waals surface area contributed by atoms with Gasteiger partial charge in [-0.05, 0) is 55.9 Å². The van der Waals surface area contributed by atoms with Crippen LogP contribution in [0.25, 0.3) is 0 Å². The van der Waals surface area contributed by atoms with E-state index in [1.807, 2.05) is 0 Å². The predicted molar refractivity (Wildman–Crippen MR) is 107 cm³/mol. The highest BCUT2D eigenvalue weighted by Crippen LogP contribution is 2.40. The second kappa shape index (κ2) is 8.31. The van der Waals surface area contributed by atoms with E-state index in [4.69, 9.17) is 21.1 Å². The Morgan fingerprint density at radius 2 is 2.15 bits per heavy atom. The number of hydrogen-bond donors (Lipinski definition) is 1. The number of methoxy groups -OCH3 is 1. The van der Waals surface area contributed by atoms with Crippen molar-refractivity contribution in [2.75, 3.05) is 12.4 Å². The number of amides is 1. The number of carbonyl (C=O) groups excluding carboxylic acids is 2. The molecule has 0 saturated heterocycles. The lowest BCUT2D eigenvalue weighted by atomic mass is 9.88. The number of rotatable bonds is 5. The molecule has 144 valence electrons. The molecular weight excluding hydrogens is 386 g/mol. The van der Waals surface area contributed by atoms with Crippen LogP contribution in [0.15, 0.2) is 24.3 Å². The Bertz CT molecular complexity index is 864. The Morgan fingerprint density at radius 3 is 2.85 bits per heavy atom. The highest BCUT2D eigenvalue weighted by atomic mass is 35.5. The highest BCUT2D eigenvalue weighted by Gasteiger charge is 2.29. The largest absolute Gasteiger partial charge is 0.481 e. The van der Waals surface area contributed by atoms with Crippen molar-refractivity contribution in [3.05, 3.63) is 45.3 Å². The number of carbonyl (C=O) groups is 2. The van der Waals surface area contributed by atoms with Crippen LogP contribution in [0.2, 0.25) is 5.02 Å². The van der Waals surface area contributed by atoms with E-state index in [-0.39, 0.29) is 5.91 Å². The molecule has 27 heavy (non-hydrogen) atoms. The number of halogens is 1. The summed E-state index contributed by atoms with van der Waals surface area (Å²) in [5, 5.41) is 3.92. The Balaban J connectivity index is 1.79. The van der Waals surface area contributed by atoms with Gasteiger partial charge in [-0.25, -0.2) is 4.79 Å². The molecule has 2 aromatic rings. The van der Waals surface area contributed by atoms with E-state index in [1.165, 1.54) is 18.4 Å². The number of benzene rings is 1. The van der Waals surface area contributed by atoms with E-state index in [2.05, 4.69) is 12.2 Å². The molecule has 2 atom stereocenters. The lowest BCUT2D eigenvalue weighted by Crippen LogP contribution is -2.30. The summed E-state index contributed by atoms with van der Waals surface area (Å²) in [5.41, 5.74) is 1.48. The SMILES string of the molecule is COC(=O)c1c(NC(=O)C(C)Oc2cccc(Cl)c2)sc2c1CCC(C)C2. The minimum Gasteiger partial charge on any atom is -0.481 e. The van der Waals surface area contributed by atoms with Crippen LogP contribution in [0.4, 0.5) is 5.00 Å². The van der Waals surface area contributed by atoms with Gasteiger partial charge < -0.3 is 14.8 Å². The van der Waals surface area contributed by atoms with Crippen LogP contribution in [0.5, 0.6) is 5.75 Å². The zero-order valence-electron chi connectivity index (χ0n) is 15.5. The van der Waals surface area contributed by atoms with Crippen molar-refractivity contribution in [1.82, 2.24) is 0 Å². The van der Waals surface area contributed by atoms with Gasteiger partial charge in [-0.2, -0.15) is 0 Å². The monoisotopic (exact) mass is 407 g/mol. The topological polar surface area (TPSA) is 64.6 Å². The van der Waals surface area contributed by atoms with Gasteiger partial charge in [0.2, 0.25) is 0 Å².